The van der Waals surface area contributed by atoms with Gasteiger partial charge >= 0.3 is 0 Å². The first kappa shape index (κ1) is 18.8. The molecule has 0 fully saturated rings. The van der Waals surface area contributed by atoms with E-state index in [9.17, 15) is 4.79 Å². The summed E-state index contributed by atoms with van der Waals surface area (Å²) in [4.78, 5) is 12.4. The minimum Gasteiger partial charge on any atom is -0.493 e. The summed E-state index contributed by atoms with van der Waals surface area (Å²) < 4.78 is 18.0. The van der Waals surface area contributed by atoms with Gasteiger partial charge in [-0.25, -0.2) is 10.0 Å². The SMILES string of the molecule is COc1cc(C(=O)N/N=C(/C)C2C=[N+](C)CCC2)cc(OC)c1OC. The Morgan fingerprint density at radius 3 is 2.36 bits per heavy atom. The van der Waals surface area contributed by atoms with Crippen LogP contribution in [0.25, 0.3) is 0 Å². The largest absolute Gasteiger partial charge is 0.493 e. The average molecular weight is 348 g/mol. The Bertz CT molecular complexity index is 673. The maximum atomic E-state index is 12.4. The maximum Gasteiger partial charge on any atom is 0.271 e. The molecule has 7 heteroatoms. The summed E-state index contributed by atoms with van der Waals surface area (Å²) in [5.74, 6) is 1.22. The molecular formula is C18H26N3O4+. The molecule has 0 spiro atoms. The molecule has 0 saturated heterocycles. The quantitative estimate of drug-likeness (QED) is 0.484. The molecule has 0 aromatic heterocycles. The first-order chi connectivity index (χ1) is 12.0. The third-order valence-electron chi connectivity index (χ3n) is 4.26. The van der Waals surface area contributed by atoms with E-state index < -0.39 is 0 Å². The van der Waals surface area contributed by atoms with E-state index in [1.165, 1.54) is 21.3 Å². The van der Waals surface area contributed by atoms with Crippen LogP contribution in [-0.4, -0.2) is 57.3 Å². The zero-order valence-electron chi connectivity index (χ0n) is 15.5. The molecule has 0 aliphatic carbocycles. The fourth-order valence-corrected chi connectivity index (χ4v) is 2.83. The third-order valence-corrected chi connectivity index (χ3v) is 4.26. The Kier molecular flexibility index (Phi) is 6.38. The summed E-state index contributed by atoms with van der Waals surface area (Å²) in [6.45, 7) is 2.98. The van der Waals surface area contributed by atoms with Crippen LogP contribution in [0.5, 0.6) is 17.2 Å². The Labute approximate surface area is 148 Å². The molecule has 136 valence electrons. The predicted octanol–water partition coefficient (Wildman–Crippen LogP) is 1.94. The van der Waals surface area contributed by atoms with E-state index in [2.05, 4.69) is 21.3 Å². The van der Waals surface area contributed by atoms with E-state index in [4.69, 9.17) is 14.2 Å². The Balaban J connectivity index is 2.18. The number of carbonyl (C=O) groups is 1. The lowest BCUT2D eigenvalue weighted by atomic mass is 9.97. The van der Waals surface area contributed by atoms with Gasteiger partial charge in [0.25, 0.3) is 5.91 Å². The molecule has 1 N–H and O–H groups in total. The van der Waals surface area contributed by atoms with Crippen molar-refractivity contribution in [3.8, 4) is 17.2 Å². The van der Waals surface area contributed by atoms with Gasteiger partial charge in [-0.3, -0.25) is 4.79 Å². The average Bonchev–Trinajstić information content (AvgIpc) is 2.64. The minimum atomic E-state index is -0.331. The highest BCUT2D eigenvalue weighted by atomic mass is 16.5. The van der Waals surface area contributed by atoms with Crippen LogP contribution >= 0.6 is 0 Å². The lowest BCUT2D eigenvalue weighted by Crippen LogP contribution is -2.28. The Morgan fingerprint density at radius 1 is 1.20 bits per heavy atom. The standard InChI is InChI=1S/C18H25N3O4/c1-12(13-7-6-8-21(2)11-13)19-20-18(22)14-9-15(23-3)17(25-5)16(10-14)24-4/h9-11,13H,6-8H2,1-5H3/p+1/b19-12-. The molecule has 1 aliphatic heterocycles. The van der Waals surface area contributed by atoms with E-state index in [0.29, 0.717) is 22.8 Å². The summed E-state index contributed by atoms with van der Waals surface area (Å²) in [7, 11) is 6.59. The number of carbonyl (C=O) groups excluding carboxylic acids is 1. The highest BCUT2D eigenvalue weighted by Crippen LogP contribution is 2.38. The van der Waals surface area contributed by atoms with Crippen LogP contribution in [0.1, 0.15) is 30.1 Å². The Hall–Kier alpha value is -2.57. The number of nitrogens with zero attached hydrogens (tertiary/aromatic N) is 2. The first-order valence-electron chi connectivity index (χ1n) is 8.20. The van der Waals surface area contributed by atoms with Crippen molar-refractivity contribution in [2.45, 2.75) is 19.8 Å². The number of methoxy groups -OCH3 is 3. The van der Waals surface area contributed by atoms with Gasteiger partial charge in [0.15, 0.2) is 11.5 Å². The molecule has 25 heavy (non-hydrogen) atoms. The molecule has 1 amide bonds. The number of amides is 1. The highest BCUT2D eigenvalue weighted by molar-refractivity contribution is 5.99. The van der Waals surface area contributed by atoms with E-state index in [0.717, 1.165) is 25.1 Å². The van der Waals surface area contributed by atoms with Crippen molar-refractivity contribution in [2.24, 2.45) is 11.0 Å². The molecule has 1 aliphatic rings. The lowest BCUT2D eigenvalue weighted by Gasteiger charge is -2.15. The van der Waals surface area contributed by atoms with Gasteiger partial charge in [0.05, 0.1) is 27.2 Å². The molecule has 0 saturated carbocycles. The van der Waals surface area contributed by atoms with E-state index in [-0.39, 0.29) is 11.8 Å². The van der Waals surface area contributed by atoms with Crippen LogP contribution in [-0.2, 0) is 0 Å². The normalized spacial score (nSPS) is 17.6. The molecule has 1 aromatic rings. The molecular weight excluding hydrogens is 322 g/mol. The molecule has 1 atom stereocenters. The number of ether oxygens (including phenoxy) is 3. The number of nitrogens with one attached hydrogen (secondary N) is 1. The summed E-state index contributed by atoms with van der Waals surface area (Å²) in [5, 5.41) is 4.26. The molecule has 1 heterocycles. The summed E-state index contributed by atoms with van der Waals surface area (Å²) in [6.07, 6.45) is 4.30. The van der Waals surface area contributed by atoms with Gasteiger partial charge < -0.3 is 14.2 Å². The van der Waals surface area contributed by atoms with Crippen LogP contribution in [0, 0.1) is 5.92 Å². The molecule has 1 unspecified atom stereocenters. The van der Waals surface area contributed by atoms with Crippen molar-refractivity contribution < 1.29 is 23.6 Å². The van der Waals surface area contributed by atoms with E-state index >= 15 is 0 Å². The van der Waals surface area contributed by atoms with E-state index in [1.807, 2.05) is 14.0 Å². The Morgan fingerprint density at radius 2 is 1.84 bits per heavy atom. The number of hydrogen-bond acceptors (Lipinski definition) is 5. The zero-order valence-corrected chi connectivity index (χ0v) is 15.5. The van der Waals surface area contributed by atoms with Crippen LogP contribution in [0.15, 0.2) is 17.2 Å². The zero-order chi connectivity index (χ0) is 18.4. The van der Waals surface area contributed by atoms with Gasteiger partial charge in [0.2, 0.25) is 5.75 Å². The van der Waals surface area contributed by atoms with Gasteiger partial charge in [0, 0.05) is 17.7 Å². The summed E-state index contributed by atoms with van der Waals surface area (Å²) in [6, 6.07) is 3.20. The second-order valence-electron chi connectivity index (χ2n) is 5.99. The van der Waals surface area contributed by atoms with Crippen molar-refractivity contribution in [1.82, 2.24) is 5.43 Å². The first-order valence-corrected chi connectivity index (χ1v) is 8.20. The fraction of sp³-hybridized carbons (Fsp3) is 0.500. The molecule has 0 bridgehead atoms. The van der Waals surface area contributed by atoms with Crippen molar-refractivity contribution in [2.75, 3.05) is 34.9 Å². The van der Waals surface area contributed by atoms with Gasteiger partial charge in [-0.1, -0.05) is 0 Å². The minimum absolute atomic E-state index is 0.249. The molecule has 2 rings (SSSR count). The van der Waals surface area contributed by atoms with Crippen LogP contribution in [0.4, 0.5) is 0 Å². The third kappa shape index (κ3) is 4.49. The van der Waals surface area contributed by atoms with Gasteiger partial charge in [-0.15, -0.1) is 0 Å². The van der Waals surface area contributed by atoms with E-state index in [1.54, 1.807) is 12.1 Å². The van der Waals surface area contributed by atoms with Crippen molar-refractivity contribution >= 4 is 17.8 Å². The van der Waals surface area contributed by atoms with Crippen LogP contribution < -0.4 is 19.6 Å². The van der Waals surface area contributed by atoms with Crippen molar-refractivity contribution in [1.29, 1.82) is 0 Å². The van der Waals surface area contributed by atoms with Gasteiger partial charge in [-0.2, -0.15) is 5.10 Å². The molecule has 0 radical (unpaired) electrons. The van der Waals surface area contributed by atoms with Gasteiger partial charge in [0.1, 0.15) is 19.8 Å². The topological polar surface area (TPSA) is 72.2 Å². The monoisotopic (exact) mass is 348 g/mol. The number of benzene rings is 1. The number of hydrogen-bond donors (Lipinski definition) is 1. The number of hydrazone groups is 1. The van der Waals surface area contributed by atoms with Crippen LogP contribution in [0.3, 0.4) is 0 Å². The fourth-order valence-electron chi connectivity index (χ4n) is 2.83. The summed E-state index contributed by atoms with van der Waals surface area (Å²) >= 11 is 0. The maximum absolute atomic E-state index is 12.4. The van der Waals surface area contributed by atoms with Crippen molar-refractivity contribution in [3.63, 3.8) is 0 Å². The number of rotatable bonds is 6. The summed E-state index contributed by atoms with van der Waals surface area (Å²) in [5.41, 5.74) is 3.88. The van der Waals surface area contributed by atoms with Gasteiger partial charge in [-0.05, 0) is 25.5 Å². The van der Waals surface area contributed by atoms with Crippen molar-refractivity contribution in [3.05, 3.63) is 17.7 Å². The van der Waals surface area contributed by atoms with Crippen LogP contribution in [0.2, 0.25) is 0 Å². The highest BCUT2D eigenvalue weighted by Gasteiger charge is 2.20. The molecule has 7 nitrogen and oxygen atoms in total. The second kappa shape index (κ2) is 8.50. The predicted molar refractivity (Wildman–Crippen MR) is 96.5 cm³/mol. The molecule has 1 aromatic carbocycles. The second-order valence-corrected chi connectivity index (χ2v) is 5.99. The lowest BCUT2D eigenvalue weighted by molar-refractivity contribution is -0.499. The smallest absolute Gasteiger partial charge is 0.271 e.